The van der Waals surface area contributed by atoms with Gasteiger partial charge in [-0.25, -0.2) is 9.97 Å². The third kappa shape index (κ3) is 5.46. The molecule has 0 aliphatic heterocycles. The van der Waals surface area contributed by atoms with E-state index in [0.717, 1.165) is 72.2 Å². The molecule has 0 amide bonds. The lowest BCUT2D eigenvalue weighted by molar-refractivity contribution is 1.15. The first-order chi connectivity index (χ1) is 29.8. The second-order valence-electron chi connectivity index (χ2n) is 15.4. The quantitative estimate of drug-likeness (QED) is 0.169. The minimum Gasteiger partial charge on any atom is -0.309 e. The van der Waals surface area contributed by atoms with E-state index in [1.165, 1.54) is 32.8 Å². The van der Waals surface area contributed by atoms with Crippen molar-refractivity contribution in [2.75, 3.05) is 0 Å². The maximum atomic E-state index is 5.44. The van der Waals surface area contributed by atoms with Crippen molar-refractivity contribution in [3.05, 3.63) is 218 Å². The number of rotatable bonds is 6. The number of fused-ring (bicyclic) bond motifs is 7. The summed E-state index contributed by atoms with van der Waals surface area (Å²) >= 11 is 0. The third-order valence-corrected chi connectivity index (χ3v) is 11.9. The Morgan fingerprint density at radius 3 is 1.43 bits per heavy atom. The predicted octanol–water partition coefficient (Wildman–Crippen LogP) is 14.5. The molecule has 12 rings (SSSR count). The van der Waals surface area contributed by atoms with Crippen molar-refractivity contribution in [3.8, 4) is 56.4 Å². The van der Waals surface area contributed by atoms with Gasteiger partial charge < -0.3 is 9.13 Å². The SMILES string of the molecule is c1ccc(-c2ccc(-n3c4ccccc4c4ccc(-n5c6ccccc6c6cc7ccccc7c(-c7nc(-c8ccccc8)cc(-c8ccccc8)n7)c65)cc43)cc2)cc1. The van der Waals surface area contributed by atoms with Crippen LogP contribution in [0.5, 0.6) is 0 Å². The summed E-state index contributed by atoms with van der Waals surface area (Å²) < 4.78 is 4.85. The van der Waals surface area contributed by atoms with E-state index < -0.39 is 0 Å². The first-order valence-corrected chi connectivity index (χ1v) is 20.4. The molecule has 0 saturated carbocycles. The van der Waals surface area contributed by atoms with Gasteiger partial charge in [0.2, 0.25) is 0 Å². The lowest BCUT2D eigenvalue weighted by Gasteiger charge is -2.16. The van der Waals surface area contributed by atoms with Gasteiger partial charge in [-0.05, 0) is 70.4 Å². The average Bonchev–Trinajstić information content (AvgIpc) is 3.83. The van der Waals surface area contributed by atoms with E-state index in [2.05, 4.69) is 215 Å². The van der Waals surface area contributed by atoms with Crippen molar-refractivity contribution >= 4 is 54.4 Å². The Balaban J connectivity index is 1.16. The topological polar surface area (TPSA) is 35.6 Å². The molecule has 0 unspecified atom stereocenters. The number of benzene rings is 9. The molecular weight excluding hydrogens is 729 g/mol. The summed E-state index contributed by atoms with van der Waals surface area (Å²) in [5, 5.41) is 7.02. The van der Waals surface area contributed by atoms with Gasteiger partial charge >= 0.3 is 0 Å². The van der Waals surface area contributed by atoms with Crippen LogP contribution in [0.15, 0.2) is 218 Å². The molecule has 0 radical (unpaired) electrons. The Bertz CT molecular complexity index is 3510. The normalized spacial score (nSPS) is 11.7. The van der Waals surface area contributed by atoms with Crippen LogP contribution in [0.3, 0.4) is 0 Å². The van der Waals surface area contributed by atoms with Crippen LogP contribution in [0.25, 0.3) is 111 Å². The molecular formula is C56H36N4. The van der Waals surface area contributed by atoms with Gasteiger partial charge in [0.25, 0.3) is 0 Å². The van der Waals surface area contributed by atoms with Crippen molar-refractivity contribution in [2.24, 2.45) is 0 Å². The Morgan fingerprint density at radius 1 is 0.300 bits per heavy atom. The zero-order valence-corrected chi connectivity index (χ0v) is 32.6. The maximum Gasteiger partial charge on any atom is 0.163 e. The predicted molar refractivity (Wildman–Crippen MR) is 250 cm³/mol. The first kappa shape index (κ1) is 34.0. The molecule has 9 aromatic carbocycles. The van der Waals surface area contributed by atoms with Gasteiger partial charge in [-0.15, -0.1) is 0 Å². The molecule has 0 bridgehead atoms. The zero-order chi connectivity index (χ0) is 39.6. The smallest absolute Gasteiger partial charge is 0.163 e. The molecule has 3 heterocycles. The number of hydrogen-bond acceptors (Lipinski definition) is 2. The van der Waals surface area contributed by atoms with E-state index in [4.69, 9.17) is 9.97 Å². The molecule has 280 valence electrons. The summed E-state index contributed by atoms with van der Waals surface area (Å²) in [6.07, 6.45) is 0. The van der Waals surface area contributed by atoms with Crippen LogP contribution in [0, 0.1) is 0 Å². The van der Waals surface area contributed by atoms with E-state index in [1.807, 2.05) is 12.1 Å². The highest BCUT2D eigenvalue weighted by Gasteiger charge is 2.23. The summed E-state index contributed by atoms with van der Waals surface area (Å²) in [6.45, 7) is 0. The molecule has 3 aromatic heterocycles. The molecule has 0 saturated heterocycles. The van der Waals surface area contributed by atoms with Crippen molar-refractivity contribution < 1.29 is 0 Å². The Hall–Kier alpha value is -8.08. The molecule has 0 fully saturated rings. The van der Waals surface area contributed by atoms with Crippen molar-refractivity contribution in [3.63, 3.8) is 0 Å². The Labute approximate surface area is 346 Å². The average molecular weight is 765 g/mol. The molecule has 0 aliphatic rings. The molecule has 4 nitrogen and oxygen atoms in total. The van der Waals surface area contributed by atoms with E-state index in [0.29, 0.717) is 5.82 Å². The van der Waals surface area contributed by atoms with Crippen LogP contribution < -0.4 is 0 Å². The molecule has 4 heteroatoms. The minimum atomic E-state index is 0.690. The van der Waals surface area contributed by atoms with Crippen molar-refractivity contribution in [2.45, 2.75) is 0 Å². The Morgan fingerprint density at radius 2 is 0.783 bits per heavy atom. The highest BCUT2D eigenvalue weighted by Crippen LogP contribution is 2.44. The van der Waals surface area contributed by atoms with Gasteiger partial charge in [0.1, 0.15) is 0 Å². The maximum absolute atomic E-state index is 5.44. The lowest BCUT2D eigenvalue weighted by atomic mass is 9.98. The Kier molecular flexibility index (Phi) is 7.82. The largest absolute Gasteiger partial charge is 0.309 e. The van der Waals surface area contributed by atoms with Crippen molar-refractivity contribution in [1.82, 2.24) is 19.1 Å². The van der Waals surface area contributed by atoms with Crippen LogP contribution >= 0.6 is 0 Å². The number of para-hydroxylation sites is 2. The summed E-state index contributed by atoms with van der Waals surface area (Å²) in [4.78, 5) is 10.9. The zero-order valence-electron chi connectivity index (χ0n) is 32.6. The first-order valence-electron chi connectivity index (χ1n) is 20.4. The van der Waals surface area contributed by atoms with Gasteiger partial charge in [-0.2, -0.15) is 0 Å². The summed E-state index contributed by atoms with van der Waals surface area (Å²) in [6, 6.07) is 77.9. The standard InChI is InChI=1S/C56H36N4/c1-4-16-37(17-5-1)38-28-30-42(31-29-38)59-51-26-14-12-24-45(51)47-33-32-43(35-53(47)59)60-52-27-15-13-25-46(52)48-34-41-22-10-11-23-44(41)54(55(48)60)56-57-49(39-18-6-2-7-19-39)36-50(58-56)40-20-8-3-9-21-40/h1-36H. The fraction of sp³-hybridized carbons (Fsp3) is 0. The van der Waals surface area contributed by atoms with Crippen LogP contribution in [-0.4, -0.2) is 19.1 Å². The van der Waals surface area contributed by atoms with Crippen LogP contribution in [-0.2, 0) is 0 Å². The van der Waals surface area contributed by atoms with Gasteiger partial charge in [-0.1, -0.05) is 170 Å². The molecule has 0 aliphatic carbocycles. The molecule has 12 aromatic rings. The highest BCUT2D eigenvalue weighted by atomic mass is 15.0. The second-order valence-corrected chi connectivity index (χ2v) is 15.4. The lowest BCUT2D eigenvalue weighted by Crippen LogP contribution is -2.01. The second kappa shape index (κ2) is 13.8. The van der Waals surface area contributed by atoms with E-state index in [-0.39, 0.29) is 0 Å². The number of nitrogens with zero attached hydrogens (tertiary/aromatic N) is 4. The molecule has 60 heavy (non-hydrogen) atoms. The third-order valence-electron chi connectivity index (χ3n) is 11.9. The summed E-state index contributed by atoms with van der Waals surface area (Å²) in [5.74, 6) is 0.690. The van der Waals surface area contributed by atoms with Crippen LogP contribution in [0.4, 0.5) is 0 Å². The van der Waals surface area contributed by atoms with Gasteiger partial charge in [-0.3, -0.25) is 0 Å². The fourth-order valence-corrected chi connectivity index (χ4v) is 9.17. The van der Waals surface area contributed by atoms with Gasteiger partial charge in [0.05, 0.1) is 39.0 Å². The number of hydrogen-bond donors (Lipinski definition) is 0. The summed E-state index contributed by atoms with van der Waals surface area (Å²) in [5.41, 5.74) is 14.0. The number of aromatic nitrogens is 4. The van der Waals surface area contributed by atoms with Crippen molar-refractivity contribution in [1.29, 1.82) is 0 Å². The van der Waals surface area contributed by atoms with E-state index in [1.54, 1.807) is 0 Å². The minimum absolute atomic E-state index is 0.690. The summed E-state index contributed by atoms with van der Waals surface area (Å²) in [7, 11) is 0. The molecule has 0 N–H and O–H groups in total. The highest BCUT2D eigenvalue weighted by molar-refractivity contribution is 6.21. The van der Waals surface area contributed by atoms with Gasteiger partial charge in [0.15, 0.2) is 5.82 Å². The fourth-order valence-electron chi connectivity index (χ4n) is 9.17. The van der Waals surface area contributed by atoms with E-state index in [9.17, 15) is 0 Å². The van der Waals surface area contributed by atoms with Crippen LogP contribution in [0.1, 0.15) is 0 Å². The monoisotopic (exact) mass is 764 g/mol. The molecule has 0 spiro atoms. The van der Waals surface area contributed by atoms with E-state index >= 15 is 0 Å². The molecule has 0 atom stereocenters. The van der Waals surface area contributed by atoms with Crippen LogP contribution in [0.2, 0.25) is 0 Å². The van der Waals surface area contributed by atoms with Gasteiger partial charge in [0, 0.05) is 44.0 Å².